The Labute approximate surface area is 115 Å². The van der Waals surface area contributed by atoms with Gasteiger partial charge in [0, 0.05) is 20.9 Å². The zero-order valence-electron chi connectivity index (χ0n) is 11.0. The zero-order chi connectivity index (χ0) is 14.1. The Balaban J connectivity index is -0.00000144. The molecule has 2 unspecified atom stereocenters. The van der Waals surface area contributed by atoms with Crippen LogP contribution in [0.1, 0.15) is 42.0 Å². The van der Waals surface area contributed by atoms with Gasteiger partial charge in [0.15, 0.2) is 6.10 Å². The largest absolute Gasteiger partial charge is 0.481 e. The molecule has 1 N–H and O–H groups in total. The van der Waals surface area contributed by atoms with Crippen LogP contribution in [0.4, 0.5) is 0 Å². The summed E-state index contributed by atoms with van der Waals surface area (Å²) in [6.45, 7) is 3.07. The molecule has 0 aromatic heterocycles. The molecule has 0 aromatic carbocycles. The standard InChI is InChI=1S/C12H20O6.CH4.H2/c1-8(13)10(4-5-11(14)15)6-7-18-12(16)9(2)17-3;;/h9-10H,4-7H2,1-3H3,(H,14,15);1H4;1H/i;;1+1. The molecule has 0 aliphatic carbocycles. The lowest BCUT2D eigenvalue weighted by Gasteiger charge is -2.14. The summed E-state index contributed by atoms with van der Waals surface area (Å²) in [6.07, 6.45) is -0.0979. The summed E-state index contributed by atoms with van der Waals surface area (Å²) >= 11 is 0. The predicted molar refractivity (Wildman–Crippen MR) is 71.9 cm³/mol. The van der Waals surface area contributed by atoms with Crippen LogP contribution in [0.25, 0.3) is 0 Å². The van der Waals surface area contributed by atoms with E-state index in [2.05, 4.69) is 0 Å². The van der Waals surface area contributed by atoms with Crippen LogP contribution in [0.15, 0.2) is 0 Å². The molecule has 0 amide bonds. The van der Waals surface area contributed by atoms with E-state index in [0.717, 1.165) is 0 Å². The lowest BCUT2D eigenvalue weighted by molar-refractivity contribution is -0.155. The number of rotatable bonds is 9. The van der Waals surface area contributed by atoms with E-state index in [1.807, 2.05) is 0 Å². The highest BCUT2D eigenvalue weighted by atomic mass is 16.6. The molecule has 0 aromatic rings. The summed E-state index contributed by atoms with van der Waals surface area (Å²) in [4.78, 5) is 33.0. The van der Waals surface area contributed by atoms with Crippen LogP contribution in [0.3, 0.4) is 0 Å². The predicted octanol–water partition coefficient (Wildman–Crippen LogP) is 1.91. The fourth-order valence-corrected chi connectivity index (χ4v) is 1.36. The number of carboxylic acid groups (broad SMARTS) is 1. The summed E-state index contributed by atoms with van der Waals surface area (Å²) in [6, 6.07) is 0. The monoisotopic (exact) mass is 279 g/mol. The quantitative estimate of drug-likeness (QED) is 0.648. The Morgan fingerprint density at radius 1 is 1.26 bits per heavy atom. The van der Waals surface area contributed by atoms with Crippen molar-refractivity contribution in [2.75, 3.05) is 13.7 Å². The Bertz CT molecular complexity index is 305. The van der Waals surface area contributed by atoms with Crippen molar-refractivity contribution >= 4 is 17.7 Å². The van der Waals surface area contributed by atoms with Crippen molar-refractivity contribution in [1.82, 2.24) is 0 Å². The summed E-state index contributed by atoms with van der Waals surface area (Å²) in [5.41, 5.74) is 0. The van der Waals surface area contributed by atoms with Gasteiger partial charge in [0.1, 0.15) is 5.78 Å². The van der Waals surface area contributed by atoms with Gasteiger partial charge < -0.3 is 14.6 Å². The van der Waals surface area contributed by atoms with Crippen LogP contribution in [-0.4, -0.2) is 42.6 Å². The zero-order valence-corrected chi connectivity index (χ0v) is 11.0. The van der Waals surface area contributed by atoms with E-state index < -0.39 is 18.0 Å². The molecule has 0 saturated carbocycles. The average molecular weight is 279 g/mol. The van der Waals surface area contributed by atoms with Gasteiger partial charge in [-0.15, -0.1) is 0 Å². The third-order valence-corrected chi connectivity index (χ3v) is 2.68. The second kappa shape index (κ2) is 10.5. The molecule has 0 radical (unpaired) electrons. The highest BCUT2D eigenvalue weighted by Gasteiger charge is 2.18. The number of ether oxygens (including phenoxy) is 2. The Kier molecular flexibility index (Phi) is 11.0. The fraction of sp³-hybridized carbons (Fsp3) is 0.769. The molecule has 0 fully saturated rings. The van der Waals surface area contributed by atoms with Crippen molar-refractivity contribution in [2.45, 2.75) is 46.6 Å². The number of Topliss-reactive ketones (excluding diaryl/α,β-unsaturated/α-hetero) is 1. The Hall–Kier alpha value is -1.43. The van der Waals surface area contributed by atoms with Crippen LogP contribution in [0.2, 0.25) is 0 Å². The van der Waals surface area contributed by atoms with E-state index in [-0.39, 0.29) is 40.0 Å². The van der Waals surface area contributed by atoms with Crippen LogP contribution in [0.5, 0.6) is 0 Å². The van der Waals surface area contributed by atoms with Gasteiger partial charge in [0.05, 0.1) is 6.61 Å². The number of carbonyl (C=O) groups is 3. The van der Waals surface area contributed by atoms with E-state index >= 15 is 0 Å². The minimum Gasteiger partial charge on any atom is -0.481 e. The summed E-state index contributed by atoms with van der Waals surface area (Å²) in [5, 5.41) is 8.55. The van der Waals surface area contributed by atoms with Crippen molar-refractivity contribution in [3.05, 3.63) is 0 Å². The first-order valence-electron chi connectivity index (χ1n) is 5.80. The van der Waals surface area contributed by atoms with Gasteiger partial charge in [-0.05, 0) is 26.7 Å². The number of hydrogen-bond acceptors (Lipinski definition) is 5. The highest BCUT2D eigenvalue weighted by Crippen LogP contribution is 2.13. The van der Waals surface area contributed by atoms with Gasteiger partial charge in [-0.1, -0.05) is 7.43 Å². The lowest BCUT2D eigenvalue weighted by Crippen LogP contribution is -2.24. The SMILES string of the molecule is C.COC(C)C(=O)OCCC(CCC(=O)O)C(C)=O.[2HH]. The molecule has 6 nitrogen and oxygen atoms in total. The van der Waals surface area contributed by atoms with E-state index in [1.54, 1.807) is 6.92 Å². The van der Waals surface area contributed by atoms with E-state index in [9.17, 15) is 14.4 Å². The first-order chi connectivity index (χ1) is 8.38. The number of ketones is 1. The number of aliphatic carboxylic acids is 1. The third-order valence-electron chi connectivity index (χ3n) is 2.68. The van der Waals surface area contributed by atoms with E-state index in [4.69, 9.17) is 14.6 Å². The highest BCUT2D eigenvalue weighted by molar-refractivity contribution is 5.79. The van der Waals surface area contributed by atoms with E-state index in [1.165, 1.54) is 14.0 Å². The molecule has 0 aliphatic heterocycles. The van der Waals surface area contributed by atoms with Gasteiger partial charge in [0.25, 0.3) is 0 Å². The van der Waals surface area contributed by atoms with Crippen molar-refractivity contribution in [2.24, 2.45) is 5.92 Å². The van der Waals surface area contributed by atoms with Crippen LogP contribution < -0.4 is 0 Å². The summed E-state index contributed by atoms with van der Waals surface area (Å²) < 4.78 is 9.70. The van der Waals surface area contributed by atoms with Crippen molar-refractivity contribution in [3.8, 4) is 0 Å². The summed E-state index contributed by atoms with van der Waals surface area (Å²) in [5.74, 6) is -1.90. The van der Waals surface area contributed by atoms with Crippen molar-refractivity contribution < 1.29 is 30.4 Å². The first kappa shape index (κ1) is 19.9. The third kappa shape index (κ3) is 9.18. The molecule has 0 spiro atoms. The summed E-state index contributed by atoms with van der Waals surface area (Å²) in [7, 11) is 1.40. The molecule has 0 rings (SSSR count). The van der Waals surface area contributed by atoms with Gasteiger partial charge in [-0.3, -0.25) is 9.59 Å². The second-order valence-corrected chi connectivity index (χ2v) is 4.07. The van der Waals surface area contributed by atoms with Gasteiger partial charge in [0.2, 0.25) is 0 Å². The average Bonchev–Trinajstić information content (AvgIpc) is 2.31. The van der Waals surface area contributed by atoms with Gasteiger partial charge in [-0.2, -0.15) is 0 Å². The smallest absolute Gasteiger partial charge is 0.334 e. The Morgan fingerprint density at radius 2 is 1.84 bits per heavy atom. The number of methoxy groups -OCH3 is 1. The molecule has 114 valence electrons. The van der Waals surface area contributed by atoms with Gasteiger partial charge in [-0.25, -0.2) is 4.79 Å². The molecular weight excluding hydrogens is 252 g/mol. The fourth-order valence-electron chi connectivity index (χ4n) is 1.36. The number of esters is 1. The number of carbonyl (C=O) groups excluding carboxylic acids is 2. The molecule has 0 heterocycles. The number of carboxylic acids is 1. The first-order valence-corrected chi connectivity index (χ1v) is 5.80. The Morgan fingerprint density at radius 3 is 2.26 bits per heavy atom. The minimum atomic E-state index is -0.939. The molecule has 0 saturated heterocycles. The lowest BCUT2D eigenvalue weighted by atomic mass is 9.96. The van der Waals surface area contributed by atoms with Crippen LogP contribution >= 0.6 is 0 Å². The molecule has 19 heavy (non-hydrogen) atoms. The van der Waals surface area contributed by atoms with Crippen LogP contribution in [0, 0.1) is 5.92 Å². The molecular formula is C13H26O6. The normalized spacial score (nSPS) is 13.0. The molecule has 0 bridgehead atoms. The van der Waals surface area contributed by atoms with Crippen molar-refractivity contribution in [1.29, 1.82) is 0 Å². The van der Waals surface area contributed by atoms with E-state index in [0.29, 0.717) is 6.42 Å². The maximum Gasteiger partial charge on any atom is 0.334 e. The molecule has 2 atom stereocenters. The maximum absolute atomic E-state index is 11.3. The molecule has 6 heteroatoms. The van der Waals surface area contributed by atoms with Gasteiger partial charge >= 0.3 is 11.9 Å². The minimum absolute atomic E-state index is 0. The maximum atomic E-state index is 11.3. The second-order valence-electron chi connectivity index (χ2n) is 4.07. The topological polar surface area (TPSA) is 89.9 Å². The number of hydrogen-bond donors (Lipinski definition) is 1. The molecule has 0 aliphatic rings. The van der Waals surface area contributed by atoms with Crippen molar-refractivity contribution in [3.63, 3.8) is 0 Å². The van der Waals surface area contributed by atoms with Crippen LogP contribution in [-0.2, 0) is 23.9 Å².